The van der Waals surface area contributed by atoms with E-state index in [1.54, 1.807) is 12.1 Å². The Morgan fingerprint density at radius 3 is 2.34 bits per heavy atom. The third-order valence-corrected chi connectivity index (χ3v) is 6.29. The summed E-state index contributed by atoms with van der Waals surface area (Å²) in [6.07, 6.45) is 1.56. The second kappa shape index (κ2) is 8.34. The molecule has 29 heavy (non-hydrogen) atoms. The fraction of sp³-hybridized carbons (Fsp3) is 0.333. The maximum absolute atomic E-state index is 12.6. The number of ketones is 1. The Hall–Kier alpha value is -2.71. The van der Waals surface area contributed by atoms with Gasteiger partial charge in [0.1, 0.15) is 10.6 Å². The van der Waals surface area contributed by atoms with Gasteiger partial charge in [0.05, 0.1) is 12.7 Å². The number of ether oxygens (including phenoxy) is 2. The van der Waals surface area contributed by atoms with E-state index in [-0.39, 0.29) is 28.0 Å². The number of hydrogen-bond donors (Lipinski definition) is 1. The first-order valence-electron chi connectivity index (χ1n) is 9.19. The Morgan fingerprint density at radius 1 is 1.03 bits per heavy atom. The second-order valence-electron chi connectivity index (χ2n) is 7.06. The molecule has 0 atom stereocenters. The lowest BCUT2D eigenvalue weighted by molar-refractivity contribution is 0.0474. The van der Waals surface area contributed by atoms with Crippen molar-refractivity contribution < 1.29 is 27.5 Å². The molecule has 0 spiro atoms. The van der Waals surface area contributed by atoms with Crippen molar-refractivity contribution in [3.8, 4) is 5.75 Å². The number of sulfonamides is 1. The summed E-state index contributed by atoms with van der Waals surface area (Å²) in [7, 11) is -2.48. The third-order valence-electron chi connectivity index (χ3n) is 4.75. The highest BCUT2D eigenvalue weighted by atomic mass is 32.2. The lowest BCUT2D eigenvalue weighted by Crippen LogP contribution is -2.26. The minimum absolute atomic E-state index is 0.0230. The molecule has 0 saturated heterocycles. The molecule has 2 aromatic rings. The van der Waals surface area contributed by atoms with E-state index in [9.17, 15) is 18.0 Å². The van der Waals surface area contributed by atoms with Gasteiger partial charge in [-0.1, -0.05) is 12.1 Å². The van der Waals surface area contributed by atoms with Crippen molar-refractivity contribution in [2.24, 2.45) is 0 Å². The standard InChI is InChI=1S/C21H23NO6S/c1-13-4-5-15(10-14(13)2)18(23)12-28-21(24)16-6-9-19(27-3)20(11-16)29(25,26)22-17-7-8-17/h4-6,9-11,17,22H,7-8,12H2,1-3H3. The molecule has 0 unspecified atom stereocenters. The second-order valence-corrected chi connectivity index (χ2v) is 8.74. The van der Waals surface area contributed by atoms with Crippen LogP contribution in [0.3, 0.4) is 0 Å². The van der Waals surface area contributed by atoms with E-state index in [1.807, 2.05) is 19.9 Å². The molecule has 1 N–H and O–H groups in total. The molecular formula is C21H23NO6S. The zero-order chi connectivity index (χ0) is 21.2. The van der Waals surface area contributed by atoms with Crippen molar-refractivity contribution in [1.29, 1.82) is 0 Å². The van der Waals surface area contributed by atoms with Crippen LogP contribution >= 0.6 is 0 Å². The molecule has 1 saturated carbocycles. The maximum atomic E-state index is 12.6. The number of Topliss-reactive ketones (excluding diaryl/α,β-unsaturated/α-hetero) is 1. The first kappa shape index (κ1) is 21.0. The molecule has 3 rings (SSSR count). The predicted octanol–water partition coefficient (Wildman–Crippen LogP) is 2.79. The number of hydrogen-bond acceptors (Lipinski definition) is 6. The summed E-state index contributed by atoms with van der Waals surface area (Å²) in [5.74, 6) is -0.994. The van der Waals surface area contributed by atoms with Gasteiger partial charge in [-0.25, -0.2) is 17.9 Å². The molecule has 8 heteroatoms. The number of carbonyl (C=O) groups excluding carboxylic acids is 2. The molecule has 0 amide bonds. The lowest BCUT2D eigenvalue weighted by Gasteiger charge is -2.12. The predicted molar refractivity (Wildman–Crippen MR) is 107 cm³/mol. The quantitative estimate of drug-likeness (QED) is 0.524. The molecule has 0 heterocycles. The highest BCUT2D eigenvalue weighted by molar-refractivity contribution is 7.89. The summed E-state index contributed by atoms with van der Waals surface area (Å²) < 4.78 is 37.9. The summed E-state index contributed by atoms with van der Waals surface area (Å²) in [4.78, 5) is 24.5. The van der Waals surface area contributed by atoms with Gasteiger partial charge in [0.25, 0.3) is 0 Å². The van der Waals surface area contributed by atoms with Gasteiger partial charge >= 0.3 is 5.97 Å². The molecule has 0 aromatic heterocycles. The fourth-order valence-corrected chi connectivity index (χ4v) is 4.21. The summed E-state index contributed by atoms with van der Waals surface area (Å²) in [5.41, 5.74) is 2.50. The van der Waals surface area contributed by atoms with Crippen LogP contribution in [0.1, 0.15) is 44.7 Å². The number of esters is 1. The van der Waals surface area contributed by atoms with Gasteiger partial charge in [-0.3, -0.25) is 4.79 Å². The summed E-state index contributed by atoms with van der Waals surface area (Å²) in [6.45, 7) is 3.40. The summed E-state index contributed by atoms with van der Waals surface area (Å²) in [5, 5.41) is 0. The molecule has 2 aromatic carbocycles. The topological polar surface area (TPSA) is 98.8 Å². The largest absolute Gasteiger partial charge is 0.495 e. The highest BCUT2D eigenvalue weighted by Crippen LogP contribution is 2.28. The molecule has 154 valence electrons. The molecule has 7 nitrogen and oxygen atoms in total. The minimum atomic E-state index is -3.83. The van der Waals surface area contributed by atoms with Crippen molar-refractivity contribution in [2.75, 3.05) is 13.7 Å². The first-order valence-corrected chi connectivity index (χ1v) is 10.7. The first-order chi connectivity index (χ1) is 13.7. The zero-order valence-corrected chi connectivity index (χ0v) is 17.3. The normalized spacial score (nSPS) is 13.8. The molecule has 0 bridgehead atoms. The Morgan fingerprint density at radius 2 is 1.72 bits per heavy atom. The van der Waals surface area contributed by atoms with E-state index in [1.165, 1.54) is 25.3 Å². The smallest absolute Gasteiger partial charge is 0.338 e. The minimum Gasteiger partial charge on any atom is -0.495 e. The van der Waals surface area contributed by atoms with Crippen LogP contribution in [0.4, 0.5) is 0 Å². The molecule has 1 aliphatic carbocycles. The number of carbonyl (C=O) groups is 2. The Labute approximate surface area is 170 Å². The fourth-order valence-electron chi connectivity index (χ4n) is 2.71. The average molecular weight is 417 g/mol. The molecule has 0 radical (unpaired) electrons. The summed E-state index contributed by atoms with van der Waals surface area (Å²) >= 11 is 0. The number of benzene rings is 2. The van der Waals surface area contributed by atoms with E-state index in [4.69, 9.17) is 9.47 Å². The van der Waals surface area contributed by atoms with Crippen LogP contribution in [-0.4, -0.2) is 39.9 Å². The van der Waals surface area contributed by atoms with Crippen molar-refractivity contribution >= 4 is 21.8 Å². The van der Waals surface area contributed by atoms with E-state index in [0.29, 0.717) is 5.56 Å². The van der Waals surface area contributed by atoms with Crippen molar-refractivity contribution in [1.82, 2.24) is 4.72 Å². The van der Waals surface area contributed by atoms with Gasteiger partial charge in [-0.2, -0.15) is 0 Å². The van der Waals surface area contributed by atoms with Crippen molar-refractivity contribution in [3.05, 3.63) is 58.7 Å². The van der Waals surface area contributed by atoms with Gasteiger partial charge in [0.15, 0.2) is 12.4 Å². The van der Waals surface area contributed by atoms with Crippen LogP contribution in [0.15, 0.2) is 41.3 Å². The van der Waals surface area contributed by atoms with Crippen LogP contribution in [0, 0.1) is 13.8 Å². The molecule has 1 aliphatic rings. The van der Waals surface area contributed by atoms with Crippen LogP contribution in [-0.2, 0) is 14.8 Å². The zero-order valence-electron chi connectivity index (χ0n) is 16.5. The maximum Gasteiger partial charge on any atom is 0.338 e. The van der Waals surface area contributed by atoms with E-state index in [0.717, 1.165) is 24.0 Å². The number of methoxy groups -OCH3 is 1. The SMILES string of the molecule is COc1ccc(C(=O)OCC(=O)c2ccc(C)c(C)c2)cc1S(=O)(=O)NC1CC1. The summed E-state index contributed by atoms with van der Waals surface area (Å²) in [6, 6.07) is 9.16. The lowest BCUT2D eigenvalue weighted by atomic mass is 10.0. The van der Waals surface area contributed by atoms with Gasteiger partial charge < -0.3 is 9.47 Å². The Kier molecular flexibility index (Phi) is 6.04. The highest BCUT2D eigenvalue weighted by Gasteiger charge is 2.30. The van der Waals surface area contributed by atoms with Crippen molar-refractivity contribution in [3.63, 3.8) is 0 Å². The number of nitrogens with one attached hydrogen (secondary N) is 1. The third kappa shape index (κ3) is 5.02. The van der Waals surface area contributed by atoms with Gasteiger partial charge in [-0.15, -0.1) is 0 Å². The van der Waals surface area contributed by atoms with Crippen LogP contribution < -0.4 is 9.46 Å². The Balaban J connectivity index is 1.74. The molecule has 0 aliphatic heterocycles. The average Bonchev–Trinajstić information content (AvgIpc) is 3.50. The van der Waals surface area contributed by atoms with Gasteiger partial charge in [0.2, 0.25) is 10.0 Å². The van der Waals surface area contributed by atoms with Crippen LogP contribution in [0.25, 0.3) is 0 Å². The number of aryl methyl sites for hydroxylation is 2. The number of rotatable bonds is 8. The molecular weight excluding hydrogens is 394 g/mol. The van der Waals surface area contributed by atoms with E-state index >= 15 is 0 Å². The van der Waals surface area contributed by atoms with Crippen LogP contribution in [0.2, 0.25) is 0 Å². The van der Waals surface area contributed by atoms with E-state index < -0.39 is 22.6 Å². The Bertz CT molecular complexity index is 1060. The molecule has 1 fully saturated rings. The van der Waals surface area contributed by atoms with Crippen LogP contribution in [0.5, 0.6) is 5.75 Å². The van der Waals surface area contributed by atoms with Gasteiger partial charge in [-0.05, 0) is 62.1 Å². The van der Waals surface area contributed by atoms with Crippen molar-refractivity contribution in [2.45, 2.75) is 37.6 Å². The monoisotopic (exact) mass is 417 g/mol. The van der Waals surface area contributed by atoms with Gasteiger partial charge in [0, 0.05) is 11.6 Å². The van der Waals surface area contributed by atoms with E-state index in [2.05, 4.69) is 4.72 Å².